The molecule has 1 atom stereocenters. The van der Waals surface area contributed by atoms with Crippen molar-refractivity contribution in [2.45, 2.75) is 25.8 Å². The van der Waals surface area contributed by atoms with E-state index in [9.17, 15) is 0 Å². The molecule has 2 N–H and O–H groups in total. The van der Waals surface area contributed by atoms with Crippen LogP contribution >= 0.6 is 15.9 Å². The summed E-state index contributed by atoms with van der Waals surface area (Å²) in [5.74, 6) is 1.89. The van der Waals surface area contributed by atoms with Crippen molar-refractivity contribution in [1.82, 2.24) is 0 Å². The topological polar surface area (TPSA) is 48.4 Å². The molecule has 0 bridgehead atoms. The first-order valence-electron chi connectivity index (χ1n) is 6.47. The molecule has 1 unspecified atom stereocenters. The number of aryl methyl sites for hydroxylation is 1. The minimum Gasteiger partial charge on any atom is -0.493 e. The minimum absolute atomic E-state index is 0.210. The Balaban J connectivity index is 2.07. The second kappa shape index (κ2) is 5.02. The number of hydrogen-bond donors (Lipinski definition) is 1. The van der Waals surface area contributed by atoms with E-state index in [-0.39, 0.29) is 6.04 Å². The fourth-order valence-corrected chi connectivity index (χ4v) is 3.13. The molecule has 0 spiro atoms. The molecule has 3 rings (SSSR count). The van der Waals surface area contributed by atoms with Gasteiger partial charge >= 0.3 is 0 Å². The number of furan rings is 1. The third-order valence-electron chi connectivity index (χ3n) is 3.55. The van der Waals surface area contributed by atoms with Crippen molar-refractivity contribution in [3.63, 3.8) is 0 Å². The third-order valence-corrected chi connectivity index (χ3v) is 4.01. The van der Waals surface area contributed by atoms with E-state index in [1.165, 1.54) is 5.56 Å². The predicted octanol–water partition coefficient (Wildman–Crippen LogP) is 3.59. The summed E-state index contributed by atoms with van der Waals surface area (Å²) in [4.78, 5) is 0. The van der Waals surface area contributed by atoms with Crippen LogP contribution in [-0.2, 0) is 12.8 Å². The van der Waals surface area contributed by atoms with Gasteiger partial charge in [0, 0.05) is 28.4 Å². The molecular weight excluding hydrogens is 306 g/mol. The molecule has 4 heteroatoms. The van der Waals surface area contributed by atoms with Crippen LogP contribution in [0, 0.1) is 0 Å². The first kappa shape index (κ1) is 12.8. The van der Waals surface area contributed by atoms with Crippen LogP contribution in [0.2, 0.25) is 0 Å². The number of fused-ring (bicyclic) bond motifs is 1. The molecule has 1 aromatic heterocycles. The standard InChI is InChI=1S/C15H16BrNO2/c1-2-13-11(4-6-18-13)14(17)12-8-10(16)7-9-3-5-19-15(9)12/h4,6-8,14H,2-3,5,17H2,1H3. The summed E-state index contributed by atoms with van der Waals surface area (Å²) in [6.45, 7) is 2.80. The monoisotopic (exact) mass is 321 g/mol. The van der Waals surface area contributed by atoms with Crippen molar-refractivity contribution < 1.29 is 9.15 Å². The van der Waals surface area contributed by atoms with Crippen LogP contribution in [0.3, 0.4) is 0 Å². The maximum atomic E-state index is 6.42. The molecule has 2 heterocycles. The van der Waals surface area contributed by atoms with Crippen molar-refractivity contribution in [3.05, 3.63) is 51.4 Å². The van der Waals surface area contributed by atoms with Crippen LogP contribution in [0.15, 0.2) is 33.4 Å². The van der Waals surface area contributed by atoms with Gasteiger partial charge in [-0.3, -0.25) is 0 Å². The van der Waals surface area contributed by atoms with Gasteiger partial charge in [-0.15, -0.1) is 0 Å². The Hall–Kier alpha value is -1.26. The fourth-order valence-electron chi connectivity index (χ4n) is 2.61. The van der Waals surface area contributed by atoms with Crippen molar-refractivity contribution in [2.24, 2.45) is 5.73 Å². The second-order valence-electron chi connectivity index (χ2n) is 4.71. The molecule has 0 amide bonds. The molecule has 0 saturated heterocycles. The molecule has 19 heavy (non-hydrogen) atoms. The van der Waals surface area contributed by atoms with E-state index in [1.54, 1.807) is 6.26 Å². The number of benzene rings is 1. The van der Waals surface area contributed by atoms with E-state index in [0.717, 1.165) is 46.6 Å². The average molecular weight is 322 g/mol. The van der Waals surface area contributed by atoms with Gasteiger partial charge in [-0.05, 0) is 23.8 Å². The highest BCUT2D eigenvalue weighted by molar-refractivity contribution is 9.10. The number of halogens is 1. The molecule has 2 aromatic rings. The molecule has 1 aliphatic rings. The van der Waals surface area contributed by atoms with Gasteiger partial charge in [0.2, 0.25) is 0 Å². The Morgan fingerprint density at radius 3 is 3.00 bits per heavy atom. The SMILES string of the molecule is CCc1occc1C(N)c1cc(Br)cc2c1OCC2. The van der Waals surface area contributed by atoms with Crippen molar-refractivity contribution in [3.8, 4) is 5.75 Å². The quantitative estimate of drug-likeness (QED) is 0.939. The Kier molecular flexibility index (Phi) is 3.37. The van der Waals surface area contributed by atoms with Gasteiger partial charge < -0.3 is 14.9 Å². The van der Waals surface area contributed by atoms with E-state index < -0.39 is 0 Å². The van der Waals surface area contributed by atoms with Crippen LogP contribution in [0.5, 0.6) is 5.75 Å². The first-order chi connectivity index (χ1) is 9.20. The molecule has 0 saturated carbocycles. The summed E-state index contributed by atoms with van der Waals surface area (Å²) >= 11 is 3.55. The van der Waals surface area contributed by atoms with Gasteiger partial charge in [-0.25, -0.2) is 0 Å². The number of rotatable bonds is 3. The lowest BCUT2D eigenvalue weighted by molar-refractivity contribution is 0.352. The van der Waals surface area contributed by atoms with E-state index in [0.29, 0.717) is 0 Å². The van der Waals surface area contributed by atoms with Gasteiger partial charge in [-0.2, -0.15) is 0 Å². The summed E-state index contributed by atoms with van der Waals surface area (Å²) in [5.41, 5.74) is 9.71. The number of ether oxygens (including phenoxy) is 1. The summed E-state index contributed by atoms with van der Waals surface area (Å²) < 4.78 is 12.3. The van der Waals surface area contributed by atoms with E-state index >= 15 is 0 Å². The van der Waals surface area contributed by atoms with Crippen molar-refractivity contribution in [1.29, 1.82) is 0 Å². The zero-order chi connectivity index (χ0) is 13.4. The lowest BCUT2D eigenvalue weighted by Gasteiger charge is -2.16. The molecule has 0 fully saturated rings. The molecule has 1 aromatic carbocycles. The van der Waals surface area contributed by atoms with Gasteiger partial charge in [0.05, 0.1) is 18.9 Å². The van der Waals surface area contributed by atoms with Crippen LogP contribution in [0.4, 0.5) is 0 Å². The maximum absolute atomic E-state index is 6.42. The normalized spacial score (nSPS) is 15.1. The average Bonchev–Trinajstić information content (AvgIpc) is 3.04. The zero-order valence-electron chi connectivity index (χ0n) is 10.8. The van der Waals surface area contributed by atoms with Crippen molar-refractivity contribution in [2.75, 3.05) is 6.61 Å². The van der Waals surface area contributed by atoms with Gasteiger partial charge in [0.25, 0.3) is 0 Å². The van der Waals surface area contributed by atoms with E-state index in [4.69, 9.17) is 14.9 Å². The highest BCUT2D eigenvalue weighted by atomic mass is 79.9. The van der Waals surface area contributed by atoms with Gasteiger partial charge in [0.1, 0.15) is 11.5 Å². The van der Waals surface area contributed by atoms with Crippen LogP contribution in [-0.4, -0.2) is 6.61 Å². The zero-order valence-corrected chi connectivity index (χ0v) is 12.4. The van der Waals surface area contributed by atoms with E-state index in [2.05, 4.69) is 28.9 Å². The second-order valence-corrected chi connectivity index (χ2v) is 5.63. The van der Waals surface area contributed by atoms with Crippen LogP contribution < -0.4 is 10.5 Å². The summed E-state index contributed by atoms with van der Waals surface area (Å²) in [7, 11) is 0. The minimum atomic E-state index is -0.210. The number of hydrogen-bond acceptors (Lipinski definition) is 3. The lowest BCUT2D eigenvalue weighted by Crippen LogP contribution is -2.14. The van der Waals surface area contributed by atoms with Crippen LogP contribution in [0.25, 0.3) is 0 Å². The molecule has 0 radical (unpaired) electrons. The summed E-state index contributed by atoms with van der Waals surface area (Å²) in [6.07, 6.45) is 3.49. The Labute approximate surface area is 120 Å². The van der Waals surface area contributed by atoms with Crippen molar-refractivity contribution >= 4 is 15.9 Å². The van der Waals surface area contributed by atoms with Gasteiger partial charge in [0.15, 0.2) is 0 Å². The molecular formula is C15H16BrNO2. The Morgan fingerprint density at radius 2 is 2.21 bits per heavy atom. The van der Waals surface area contributed by atoms with Crippen LogP contribution in [0.1, 0.15) is 35.4 Å². The maximum Gasteiger partial charge on any atom is 0.127 e. The fraction of sp³-hybridized carbons (Fsp3) is 0.333. The molecule has 1 aliphatic heterocycles. The highest BCUT2D eigenvalue weighted by Gasteiger charge is 2.24. The Bertz CT molecular complexity index is 606. The largest absolute Gasteiger partial charge is 0.493 e. The molecule has 3 nitrogen and oxygen atoms in total. The molecule has 0 aliphatic carbocycles. The first-order valence-corrected chi connectivity index (χ1v) is 7.27. The lowest BCUT2D eigenvalue weighted by atomic mass is 9.96. The predicted molar refractivity (Wildman–Crippen MR) is 77.5 cm³/mol. The summed E-state index contributed by atoms with van der Waals surface area (Å²) in [5, 5.41) is 0. The molecule has 100 valence electrons. The van der Waals surface area contributed by atoms with E-state index in [1.807, 2.05) is 12.1 Å². The summed E-state index contributed by atoms with van der Waals surface area (Å²) in [6, 6.07) is 5.89. The highest BCUT2D eigenvalue weighted by Crippen LogP contribution is 2.38. The Morgan fingerprint density at radius 1 is 1.37 bits per heavy atom. The van der Waals surface area contributed by atoms with Gasteiger partial charge in [-0.1, -0.05) is 22.9 Å². The smallest absolute Gasteiger partial charge is 0.127 e. The third kappa shape index (κ3) is 2.19. The number of nitrogens with two attached hydrogens (primary N) is 1.